The first kappa shape index (κ1) is 19.2. The molecular weight excluding hydrogens is 350 g/mol. The Morgan fingerprint density at radius 2 is 1.50 bits per heavy atom. The van der Waals surface area contributed by atoms with Crippen LogP contribution >= 0.6 is 0 Å². The molecule has 0 aliphatic heterocycles. The Morgan fingerprint density at radius 1 is 0.857 bits per heavy atom. The Hall–Kier alpha value is -3.53. The van der Waals surface area contributed by atoms with Crippen LogP contribution in [0.25, 0.3) is 11.6 Å². The third-order valence-corrected chi connectivity index (χ3v) is 4.34. The summed E-state index contributed by atoms with van der Waals surface area (Å²) in [4.78, 5) is 13.0. The fraction of sp³-hybridized carbons (Fsp3) is 0.125. The summed E-state index contributed by atoms with van der Waals surface area (Å²) in [6.07, 6.45) is 1.90. The lowest BCUT2D eigenvalue weighted by Crippen LogP contribution is -2.23. The van der Waals surface area contributed by atoms with E-state index in [1.165, 1.54) is 0 Å². The summed E-state index contributed by atoms with van der Waals surface area (Å²) >= 11 is 0. The summed E-state index contributed by atoms with van der Waals surface area (Å²) in [7, 11) is 3.19. The van der Waals surface area contributed by atoms with Gasteiger partial charge in [-0.1, -0.05) is 66.7 Å². The molecule has 28 heavy (non-hydrogen) atoms. The smallest absolute Gasteiger partial charge is 0.252 e. The zero-order valence-corrected chi connectivity index (χ0v) is 16.0. The van der Waals surface area contributed by atoms with Crippen LogP contribution in [0.1, 0.15) is 16.7 Å². The highest BCUT2D eigenvalue weighted by Gasteiger charge is 2.12. The molecule has 3 aromatic carbocycles. The number of carbonyl (C=O) groups is 1. The lowest BCUT2D eigenvalue weighted by Gasteiger charge is -2.12. The monoisotopic (exact) mass is 373 g/mol. The van der Waals surface area contributed by atoms with Crippen LogP contribution in [-0.2, 0) is 11.3 Å². The third kappa shape index (κ3) is 4.80. The lowest BCUT2D eigenvalue weighted by molar-refractivity contribution is -0.115. The summed E-state index contributed by atoms with van der Waals surface area (Å²) in [5.74, 6) is 1.16. The van der Waals surface area contributed by atoms with Gasteiger partial charge in [0.2, 0.25) is 0 Å². The average molecular weight is 373 g/mol. The van der Waals surface area contributed by atoms with E-state index in [2.05, 4.69) is 5.32 Å². The highest BCUT2D eigenvalue weighted by Crippen LogP contribution is 2.27. The minimum atomic E-state index is -0.134. The van der Waals surface area contributed by atoms with Gasteiger partial charge in [0.05, 0.1) is 14.2 Å². The molecule has 0 saturated carbocycles. The summed E-state index contributed by atoms with van der Waals surface area (Å²) in [6.45, 7) is 0.387. The molecule has 1 N–H and O–H groups in total. The van der Waals surface area contributed by atoms with Gasteiger partial charge in [0.25, 0.3) is 5.91 Å². The quantitative estimate of drug-likeness (QED) is 0.488. The minimum absolute atomic E-state index is 0.134. The SMILES string of the molecule is COc1ccc(CNC(=O)/C(=C/c2ccccc2)c2ccccc2)cc1OC. The molecule has 0 bridgehead atoms. The molecule has 4 nitrogen and oxygen atoms in total. The van der Waals surface area contributed by atoms with Gasteiger partial charge >= 0.3 is 0 Å². The number of nitrogens with one attached hydrogen (secondary N) is 1. The number of hydrogen-bond donors (Lipinski definition) is 1. The molecule has 0 atom stereocenters. The molecule has 0 spiro atoms. The van der Waals surface area contributed by atoms with E-state index >= 15 is 0 Å². The van der Waals surface area contributed by atoms with Crippen LogP contribution in [0.2, 0.25) is 0 Å². The van der Waals surface area contributed by atoms with Crippen LogP contribution in [0.3, 0.4) is 0 Å². The summed E-state index contributed by atoms with van der Waals surface area (Å²) in [6, 6.07) is 25.1. The third-order valence-electron chi connectivity index (χ3n) is 4.34. The van der Waals surface area contributed by atoms with E-state index in [-0.39, 0.29) is 5.91 Å². The van der Waals surface area contributed by atoms with Gasteiger partial charge in [-0.3, -0.25) is 4.79 Å². The summed E-state index contributed by atoms with van der Waals surface area (Å²) in [5.41, 5.74) is 3.39. The van der Waals surface area contributed by atoms with Crippen LogP contribution in [0.15, 0.2) is 78.9 Å². The van der Waals surface area contributed by atoms with E-state index in [1.807, 2.05) is 84.9 Å². The van der Waals surface area contributed by atoms with E-state index in [4.69, 9.17) is 9.47 Å². The summed E-state index contributed by atoms with van der Waals surface area (Å²) in [5, 5.41) is 3.00. The second-order valence-electron chi connectivity index (χ2n) is 6.21. The largest absolute Gasteiger partial charge is 0.493 e. The molecule has 0 aliphatic rings. The maximum absolute atomic E-state index is 13.0. The molecule has 0 heterocycles. The molecule has 0 saturated heterocycles. The van der Waals surface area contributed by atoms with E-state index in [9.17, 15) is 4.79 Å². The van der Waals surface area contributed by atoms with Crippen molar-refractivity contribution in [1.82, 2.24) is 5.32 Å². The number of carbonyl (C=O) groups excluding carboxylic acids is 1. The van der Waals surface area contributed by atoms with Gasteiger partial charge in [0.1, 0.15) is 0 Å². The number of rotatable bonds is 7. The molecule has 3 rings (SSSR count). The van der Waals surface area contributed by atoms with E-state index in [1.54, 1.807) is 14.2 Å². The van der Waals surface area contributed by atoms with Crippen LogP contribution in [0.4, 0.5) is 0 Å². The zero-order valence-electron chi connectivity index (χ0n) is 16.0. The van der Waals surface area contributed by atoms with Gasteiger partial charge in [-0.05, 0) is 34.9 Å². The van der Waals surface area contributed by atoms with Gasteiger partial charge in [-0.2, -0.15) is 0 Å². The average Bonchev–Trinajstić information content (AvgIpc) is 2.76. The van der Waals surface area contributed by atoms with Crippen molar-refractivity contribution in [3.8, 4) is 11.5 Å². The van der Waals surface area contributed by atoms with Crippen LogP contribution in [0, 0.1) is 0 Å². The molecule has 0 radical (unpaired) electrons. The predicted molar refractivity (Wildman–Crippen MR) is 112 cm³/mol. The van der Waals surface area contributed by atoms with Gasteiger partial charge in [0, 0.05) is 12.1 Å². The Balaban J connectivity index is 1.82. The molecular formula is C24H23NO3. The van der Waals surface area contributed by atoms with Crippen molar-refractivity contribution in [3.63, 3.8) is 0 Å². The van der Waals surface area contributed by atoms with Crippen molar-refractivity contribution < 1.29 is 14.3 Å². The first-order valence-corrected chi connectivity index (χ1v) is 9.02. The Bertz CT molecular complexity index is 950. The maximum Gasteiger partial charge on any atom is 0.252 e. The fourth-order valence-electron chi connectivity index (χ4n) is 2.88. The summed E-state index contributed by atoms with van der Waals surface area (Å²) < 4.78 is 10.6. The first-order valence-electron chi connectivity index (χ1n) is 9.02. The molecule has 1 amide bonds. The zero-order chi connectivity index (χ0) is 19.8. The standard InChI is InChI=1S/C24H23NO3/c1-27-22-14-13-19(16-23(22)28-2)17-25-24(26)21(20-11-7-4-8-12-20)15-18-9-5-3-6-10-18/h3-16H,17H2,1-2H3,(H,25,26)/b21-15+. The topological polar surface area (TPSA) is 47.6 Å². The van der Waals surface area contributed by atoms with Crippen molar-refractivity contribution in [1.29, 1.82) is 0 Å². The molecule has 0 aromatic heterocycles. The fourth-order valence-corrected chi connectivity index (χ4v) is 2.88. The number of ether oxygens (including phenoxy) is 2. The van der Waals surface area contributed by atoms with E-state index in [0.29, 0.717) is 23.6 Å². The molecule has 0 unspecified atom stereocenters. The van der Waals surface area contributed by atoms with Gasteiger partial charge in [-0.15, -0.1) is 0 Å². The second kappa shape index (κ2) is 9.42. The molecule has 4 heteroatoms. The predicted octanol–water partition coefficient (Wildman–Crippen LogP) is 4.56. The van der Waals surface area contributed by atoms with E-state index < -0.39 is 0 Å². The van der Waals surface area contributed by atoms with Crippen molar-refractivity contribution in [3.05, 3.63) is 95.6 Å². The first-order chi connectivity index (χ1) is 13.7. The molecule has 3 aromatic rings. The highest BCUT2D eigenvalue weighted by molar-refractivity contribution is 6.24. The Labute approximate surface area is 165 Å². The lowest BCUT2D eigenvalue weighted by atomic mass is 10.0. The number of amides is 1. The van der Waals surface area contributed by atoms with Crippen LogP contribution in [-0.4, -0.2) is 20.1 Å². The van der Waals surface area contributed by atoms with Crippen LogP contribution in [0.5, 0.6) is 11.5 Å². The maximum atomic E-state index is 13.0. The number of benzene rings is 3. The molecule has 142 valence electrons. The van der Waals surface area contributed by atoms with E-state index in [0.717, 1.165) is 16.7 Å². The van der Waals surface area contributed by atoms with Crippen molar-refractivity contribution in [2.24, 2.45) is 0 Å². The van der Waals surface area contributed by atoms with Crippen molar-refractivity contribution in [2.45, 2.75) is 6.54 Å². The minimum Gasteiger partial charge on any atom is -0.493 e. The van der Waals surface area contributed by atoms with Gasteiger partial charge in [0.15, 0.2) is 11.5 Å². The Morgan fingerprint density at radius 3 is 2.14 bits per heavy atom. The Kier molecular flexibility index (Phi) is 6.47. The number of hydrogen-bond acceptors (Lipinski definition) is 3. The van der Waals surface area contributed by atoms with Gasteiger partial charge in [-0.25, -0.2) is 0 Å². The number of methoxy groups -OCH3 is 2. The highest BCUT2D eigenvalue weighted by atomic mass is 16.5. The second-order valence-corrected chi connectivity index (χ2v) is 6.21. The van der Waals surface area contributed by atoms with Crippen LogP contribution < -0.4 is 14.8 Å². The van der Waals surface area contributed by atoms with Crippen molar-refractivity contribution >= 4 is 17.6 Å². The normalized spacial score (nSPS) is 11.0. The van der Waals surface area contributed by atoms with Gasteiger partial charge < -0.3 is 14.8 Å². The molecule has 0 fully saturated rings. The molecule has 0 aliphatic carbocycles. The van der Waals surface area contributed by atoms with Crippen molar-refractivity contribution in [2.75, 3.05) is 14.2 Å².